The zero-order valence-corrected chi connectivity index (χ0v) is 22.9. The number of thiazole rings is 1. The van der Waals surface area contributed by atoms with Gasteiger partial charge in [-0.1, -0.05) is 25.3 Å². The lowest BCUT2D eigenvalue weighted by molar-refractivity contribution is -0.118. The first kappa shape index (κ1) is 28.1. The summed E-state index contributed by atoms with van der Waals surface area (Å²) in [5.41, 5.74) is 0.769. The Morgan fingerprint density at radius 3 is 2.67 bits per heavy atom. The number of carbonyl (C=O) groups is 2. The third-order valence-corrected chi connectivity index (χ3v) is 8.49. The van der Waals surface area contributed by atoms with Crippen LogP contribution >= 0.6 is 11.3 Å². The number of hydrogen-bond acceptors (Lipinski definition) is 8. The standard InChI is InChI=1S/C28H33N7O3S/c1-2-35-27(38)24(39-28(35)23(15-30)26(37)31-12-11-29)16-32-21-8-5-9-22(14-21)33-25(36)18-34-13-10-19-6-3-4-7-20(19)17-34/h5,8-9,14,16,19-20,32H,2-4,6-7,10,12-13,17-18H2,1H3,(H,31,37)(H,33,36)/b24-16+,28-23-/t19-,20+/m0/s1. The van der Waals surface area contributed by atoms with E-state index in [-0.39, 0.29) is 34.8 Å². The number of benzene rings is 1. The van der Waals surface area contributed by atoms with Gasteiger partial charge in [0.1, 0.15) is 21.8 Å². The van der Waals surface area contributed by atoms with Gasteiger partial charge in [-0.25, -0.2) is 0 Å². The van der Waals surface area contributed by atoms with Crippen molar-refractivity contribution in [1.29, 1.82) is 10.5 Å². The number of aromatic nitrogens is 1. The molecule has 2 aromatic rings. The van der Waals surface area contributed by atoms with Gasteiger partial charge in [0.15, 0.2) is 5.57 Å². The average Bonchev–Trinajstić information content (AvgIpc) is 3.25. The van der Waals surface area contributed by atoms with E-state index in [2.05, 4.69) is 20.9 Å². The summed E-state index contributed by atoms with van der Waals surface area (Å²) in [6, 6.07) is 10.9. The third kappa shape index (κ3) is 6.94. The lowest BCUT2D eigenvalue weighted by atomic mass is 9.75. The molecule has 2 atom stereocenters. The van der Waals surface area contributed by atoms with Crippen LogP contribution in [0.3, 0.4) is 0 Å². The van der Waals surface area contributed by atoms with Crippen molar-refractivity contribution in [3.05, 3.63) is 43.8 Å². The normalized spacial score (nSPS) is 20.2. The number of piperidine rings is 1. The third-order valence-electron chi connectivity index (χ3n) is 7.36. The maximum atomic E-state index is 12.9. The van der Waals surface area contributed by atoms with Crippen LogP contribution in [0.4, 0.5) is 11.4 Å². The van der Waals surface area contributed by atoms with Crippen LogP contribution in [0.25, 0.3) is 11.8 Å². The molecule has 1 aromatic carbocycles. The Balaban J connectivity index is 1.45. The van der Waals surface area contributed by atoms with Crippen molar-refractivity contribution in [3.8, 4) is 12.1 Å². The van der Waals surface area contributed by atoms with Gasteiger partial charge in [0.05, 0.1) is 12.6 Å². The Hall–Kier alpha value is -3.93. The molecule has 1 saturated heterocycles. The Kier molecular flexibility index (Phi) is 9.53. The molecular formula is C28H33N7O3S. The predicted molar refractivity (Wildman–Crippen MR) is 151 cm³/mol. The largest absolute Gasteiger partial charge is 0.360 e. The summed E-state index contributed by atoms with van der Waals surface area (Å²) in [6.45, 7) is 4.13. The monoisotopic (exact) mass is 547 g/mol. The second kappa shape index (κ2) is 13.2. The Labute approximate surface area is 231 Å². The minimum absolute atomic E-state index is 0.0478. The molecule has 1 saturated carbocycles. The fraction of sp³-hybridized carbons (Fsp3) is 0.464. The first-order chi connectivity index (χ1) is 18.9. The van der Waals surface area contributed by atoms with E-state index in [1.807, 2.05) is 24.3 Å². The molecule has 39 heavy (non-hydrogen) atoms. The highest BCUT2D eigenvalue weighted by Crippen LogP contribution is 2.35. The molecule has 204 valence electrons. The second-order valence-electron chi connectivity index (χ2n) is 9.89. The maximum Gasteiger partial charge on any atom is 0.270 e. The first-order valence-electron chi connectivity index (χ1n) is 13.3. The highest BCUT2D eigenvalue weighted by molar-refractivity contribution is 7.07. The Morgan fingerprint density at radius 2 is 1.92 bits per heavy atom. The lowest BCUT2D eigenvalue weighted by Gasteiger charge is -2.41. The zero-order chi connectivity index (χ0) is 27.8. The van der Waals surface area contributed by atoms with Gasteiger partial charge in [-0.05, 0) is 56.3 Å². The van der Waals surface area contributed by atoms with E-state index in [1.54, 1.807) is 19.1 Å². The molecule has 2 fully saturated rings. The number of nitriles is 2. The van der Waals surface area contributed by atoms with Crippen LogP contribution in [0, 0.1) is 34.5 Å². The molecule has 2 aliphatic rings. The van der Waals surface area contributed by atoms with Gasteiger partial charge in [0.2, 0.25) is 5.91 Å². The molecule has 0 unspecified atom stereocenters. The second-order valence-corrected chi connectivity index (χ2v) is 10.9. The van der Waals surface area contributed by atoms with E-state index in [0.717, 1.165) is 30.3 Å². The SMILES string of the molecule is CCn1c(=O)/c(=C\Nc2cccc(NC(=O)CN3CC[C@@H]4CCCC[C@@H]4C3)c2)s/c1=C(/C#N)C(=O)NCC#N. The van der Waals surface area contributed by atoms with Crippen LogP contribution < -0.4 is 30.7 Å². The van der Waals surface area contributed by atoms with E-state index in [1.165, 1.54) is 42.9 Å². The summed E-state index contributed by atoms with van der Waals surface area (Å²) < 4.78 is 1.90. The molecule has 11 heteroatoms. The van der Waals surface area contributed by atoms with Crippen molar-refractivity contribution < 1.29 is 9.59 Å². The van der Waals surface area contributed by atoms with Crippen LogP contribution in [0.5, 0.6) is 0 Å². The minimum atomic E-state index is -0.700. The van der Waals surface area contributed by atoms with Crippen molar-refractivity contribution >= 4 is 46.3 Å². The summed E-state index contributed by atoms with van der Waals surface area (Å²) in [4.78, 5) is 40.3. The molecule has 1 aliphatic carbocycles. The molecule has 1 aliphatic heterocycles. The number of carbonyl (C=O) groups excluding carboxylic acids is 2. The number of fused-ring (bicyclic) bond motifs is 1. The summed E-state index contributed by atoms with van der Waals surface area (Å²) in [5, 5.41) is 26.6. The number of amides is 2. The summed E-state index contributed by atoms with van der Waals surface area (Å²) >= 11 is 1.02. The van der Waals surface area contributed by atoms with Gasteiger partial charge in [-0.2, -0.15) is 10.5 Å². The molecule has 10 nitrogen and oxygen atoms in total. The minimum Gasteiger partial charge on any atom is -0.360 e. The molecule has 2 amide bonds. The summed E-state index contributed by atoms with van der Waals surface area (Å²) in [7, 11) is 0. The van der Waals surface area contributed by atoms with Crippen LogP contribution in [0.2, 0.25) is 0 Å². The van der Waals surface area contributed by atoms with E-state index in [9.17, 15) is 19.6 Å². The average molecular weight is 548 g/mol. The van der Waals surface area contributed by atoms with Gasteiger partial charge < -0.3 is 16.0 Å². The van der Waals surface area contributed by atoms with Crippen molar-refractivity contribution in [3.63, 3.8) is 0 Å². The molecule has 0 radical (unpaired) electrons. The van der Waals surface area contributed by atoms with Crippen LogP contribution in [0.1, 0.15) is 39.0 Å². The molecule has 4 rings (SSSR count). The fourth-order valence-corrected chi connectivity index (χ4v) is 6.54. The fourth-order valence-electron chi connectivity index (χ4n) is 5.46. The predicted octanol–water partition coefficient (Wildman–Crippen LogP) is 1.54. The number of likely N-dealkylation sites (tertiary alicyclic amines) is 1. The van der Waals surface area contributed by atoms with Gasteiger partial charge in [0.25, 0.3) is 11.5 Å². The lowest BCUT2D eigenvalue weighted by Crippen LogP contribution is -2.44. The van der Waals surface area contributed by atoms with Gasteiger partial charge >= 0.3 is 0 Å². The van der Waals surface area contributed by atoms with E-state index in [4.69, 9.17) is 5.26 Å². The van der Waals surface area contributed by atoms with Crippen molar-refractivity contribution in [2.24, 2.45) is 11.8 Å². The topological polar surface area (TPSA) is 143 Å². The van der Waals surface area contributed by atoms with E-state index >= 15 is 0 Å². The van der Waals surface area contributed by atoms with E-state index in [0.29, 0.717) is 28.4 Å². The zero-order valence-electron chi connectivity index (χ0n) is 22.0. The van der Waals surface area contributed by atoms with Gasteiger partial charge in [0, 0.05) is 30.7 Å². The van der Waals surface area contributed by atoms with E-state index < -0.39 is 5.91 Å². The molecule has 0 spiro atoms. The number of rotatable bonds is 8. The van der Waals surface area contributed by atoms with Crippen LogP contribution in [-0.4, -0.2) is 47.5 Å². The number of anilines is 2. The number of nitrogens with zero attached hydrogens (tertiary/aromatic N) is 4. The quantitative estimate of drug-likeness (QED) is 0.426. The van der Waals surface area contributed by atoms with Crippen LogP contribution in [0.15, 0.2) is 29.1 Å². The van der Waals surface area contributed by atoms with Crippen LogP contribution in [-0.2, 0) is 16.1 Å². The van der Waals surface area contributed by atoms with Gasteiger partial charge in [-0.3, -0.25) is 23.9 Å². The Bertz CT molecular complexity index is 1480. The highest BCUT2D eigenvalue weighted by Gasteiger charge is 2.31. The van der Waals surface area contributed by atoms with Crippen molar-refractivity contribution in [1.82, 2.24) is 14.8 Å². The van der Waals surface area contributed by atoms with Crippen molar-refractivity contribution in [2.45, 2.75) is 45.6 Å². The van der Waals surface area contributed by atoms with Gasteiger partial charge in [-0.15, -0.1) is 11.3 Å². The number of hydrogen-bond donors (Lipinski definition) is 3. The number of nitrogens with one attached hydrogen (secondary N) is 3. The smallest absolute Gasteiger partial charge is 0.270 e. The molecule has 2 heterocycles. The van der Waals surface area contributed by atoms with Crippen molar-refractivity contribution in [2.75, 3.05) is 36.8 Å². The first-order valence-corrected chi connectivity index (χ1v) is 14.1. The Morgan fingerprint density at radius 1 is 1.15 bits per heavy atom. The molecule has 3 N–H and O–H groups in total. The molecule has 1 aromatic heterocycles. The summed E-state index contributed by atoms with van der Waals surface area (Å²) in [5.74, 6) is 0.789. The maximum absolute atomic E-state index is 12.9. The summed E-state index contributed by atoms with van der Waals surface area (Å²) in [6.07, 6.45) is 7.94. The molecular weight excluding hydrogens is 514 g/mol. The molecule has 0 bridgehead atoms. The highest BCUT2D eigenvalue weighted by atomic mass is 32.1.